The summed E-state index contributed by atoms with van der Waals surface area (Å²) < 4.78 is 48.5. The van der Waals surface area contributed by atoms with Gasteiger partial charge in [0.1, 0.15) is 5.82 Å². The lowest BCUT2D eigenvalue weighted by molar-refractivity contribution is 0.0718. The van der Waals surface area contributed by atoms with E-state index < -0.39 is 21.4 Å². The minimum Gasteiger partial charge on any atom is -0.376 e. The molecule has 1 atom stereocenters. The van der Waals surface area contributed by atoms with Crippen LogP contribution in [-0.4, -0.2) is 47.5 Å². The number of hydrogen-bond donors (Lipinski definition) is 0. The Hall–Kier alpha value is -2.75. The van der Waals surface area contributed by atoms with Crippen molar-refractivity contribution in [3.05, 3.63) is 82.4 Å². The number of halogens is 2. The topological polar surface area (TPSA) is 81.5 Å². The Bertz CT molecular complexity index is 1370. The second kappa shape index (κ2) is 10.3. The third-order valence-electron chi connectivity index (χ3n) is 6.55. The lowest BCUT2D eigenvalue weighted by Crippen LogP contribution is -2.34. The van der Waals surface area contributed by atoms with E-state index in [1.807, 2.05) is 0 Å². The van der Waals surface area contributed by atoms with Gasteiger partial charge in [-0.05, 0) is 49.9 Å². The molecule has 0 radical (unpaired) electrons. The van der Waals surface area contributed by atoms with Gasteiger partial charge in [-0.1, -0.05) is 35.9 Å². The average Bonchev–Trinajstić information content (AvgIpc) is 3.40. The highest BCUT2D eigenvalue weighted by Gasteiger charge is 2.35. The predicted molar refractivity (Wildman–Crippen MR) is 133 cm³/mol. The molecule has 190 valence electrons. The molecule has 1 saturated carbocycles. The average molecular weight is 532 g/mol. The number of aromatic nitrogens is 2. The van der Waals surface area contributed by atoms with E-state index in [9.17, 15) is 17.6 Å². The minimum absolute atomic E-state index is 0.0704. The molecule has 2 heterocycles. The standard InChI is InChI=1S/C26H27ClFN3O4S/c27-20-7-3-6-18(13-20)25(32)30(21-10-11-21)15-22-14-29-26(31(22)16-23-8-4-12-35-23)36(33,34)17-19-5-1-2-9-24(19)28/h1-3,5-7,9,13-14,21,23H,4,8,10-12,15-17H2. The Balaban J connectivity index is 1.48. The molecule has 36 heavy (non-hydrogen) atoms. The maximum absolute atomic E-state index is 14.3. The Kier molecular flexibility index (Phi) is 7.14. The van der Waals surface area contributed by atoms with Crippen molar-refractivity contribution < 1.29 is 22.3 Å². The highest BCUT2D eigenvalue weighted by atomic mass is 35.5. The summed E-state index contributed by atoms with van der Waals surface area (Å²) in [5.74, 6) is -1.25. The van der Waals surface area contributed by atoms with Gasteiger partial charge < -0.3 is 14.2 Å². The van der Waals surface area contributed by atoms with Crippen LogP contribution >= 0.6 is 11.6 Å². The number of benzene rings is 2. The molecule has 2 aromatic carbocycles. The fraction of sp³-hybridized carbons (Fsp3) is 0.385. The summed E-state index contributed by atoms with van der Waals surface area (Å²) in [7, 11) is -3.97. The molecule has 1 amide bonds. The van der Waals surface area contributed by atoms with E-state index in [0.29, 0.717) is 29.4 Å². The molecule has 0 N–H and O–H groups in total. The zero-order valence-corrected chi connectivity index (χ0v) is 21.2. The number of sulfone groups is 1. The lowest BCUT2D eigenvalue weighted by Gasteiger charge is -2.24. The van der Waals surface area contributed by atoms with Crippen LogP contribution in [0.4, 0.5) is 4.39 Å². The van der Waals surface area contributed by atoms with E-state index in [0.717, 1.165) is 25.7 Å². The van der Waals surface area contributed by atoms with Crippen LogP contribution in [0.3, 0.4) is 0 Å². The van der Waals surface area contributed by atoms with E-state index in [2.05, 4.69) is 4.98 Å². The summed E-state index contributed by atoms with van der Waals surface area (Å²) in [4.78, 5) is 19.4. The molecule has 5 rings (SSSR count). The molecule has 1 aromatic heterocycles. The molecular formula is C26H27ClFN3O4S. The van der Waals surface area contributed by atoms with Gasteiger partial charge in [0.05, 0.1) is 36.8 Å². The van der Waals surface area contributed by atoms with E-state index in [1.54, 1.807) is 39.8 Å². The Morgan fingerprint density at radius 1 is 1.17 bits per heavy atom. The molecule has 7 nitrogen and oxygen atoms in total. The maximum Gasteiger partial charge on any atom is 0.254 e. The first-order valence-electron chi connectivity index (χ1n) is 12.0. The highest BCUT2D eigenvalue weighted by Crippen LogP contribution is 2.31. The first kappa shape index (κ1) is 24.9. The van der Waals surface area contributed by atoms with Crippen molar-refractivity contribution in [2.24, 2.45) is 0 Å². The number of imidazole rings is 1. The SMILES string of the molecule is O=C(c1cccc(Cl)c1)N(Cc1cnc(S(=O)(=O)Cc2ccccc2F)n1CC1CCCO1)C1CC1. The zero-order chi connectivity index (χ0) is 25.3. The van der Waals surface area contributed by atoms with Crippen molar-refractivity contribution in [3.63, 3.8) is 0 Å². The van der Waals surface area contributed by atoms with Gasteiger partial charge in [-0.3, -0.25) is 4.79 Å². The van der Waals surface area contributed by atoms with Crippen LogP contribution in [0.1, 0.15) is 47.3 Å². The summed E-state index contributed by atoms with van der Waals surface area (Å²) in [5, 5.41) is 0.337. The summed E-state index contributed by atoms with van der Waals surface area (Å²) in [6.45, 7) is 1.11. The van der Waals surface area contributed by atoms with Gasteiger partial charge in [0, 0.05) is 28.8 Å². The first-order chi connectivity index (χ1) is 17.3. The Morgan fingerprint density at radius 2 is 1.97 bits per heavy atom. The van der Waals surface area contributed by atoms with Crippen molar-refractivity contribution in [1.82, 2.24) is 14.5 Å². The van der Waals surface area contributed by atoms with Crippen molar-refractivity contribution in [2.45, 2.75) is 61.8 Å². The van der Waals surface area contributed by atoms with Crippen LogP contribution in [0, 0.1) is 5.82 Å². The molecular weight excluding hydrogens is 505 g/mol. The van der Waals surface area contributed by atoms with Gasteiger partial charge in [0.2, 0.25) is 15.0 Å². The molecule has 10 heteroatoms. The van der Waals surface area contributed by atoms with Crippen molar-refractivity contribution >= 4 is 27.3 Å². The summed E-state index contributed by atoms with van der Waals surface area (Å²) in [6, 6.07) is 12.7. The minimum atomic E-state index is -3.97. The van der Waals surface area contributed by atoms with Gasteiger partial charge in [0.25, 0.3) is 5.91 Å². The van der Waals surface area contributed by atoms with E-state index in [-0.39, 0.29) is 35.3 Å². The molecule has 2 fully saturated rings. The Labute approximate surface area is 214 Å². The molecule has 1 unspecified atom stereocenters. The first-order valence-corrected chi connectivity index (χ1v) is 14.0. The second-order valence-corrected chi connectivity index (χ2v) is 11.6. The summed E-state index contributed by atoms with van der Waals surface area (Å²) >= 11 is 6.11. The van der Waals surface area contributed by atoms with Crippen molar-refractivity contribution in [1.29, 1.82) is 0 Å². The third-order valence-corrected chi connectivity index (χ3v) is 8.35. The number of amides is 1. The predicted octanol–water partition coefficient (Wildman–Crippen LogP) is 4.63. The van der Waals surface area contributed by atoms with Crippen LogP contribution in [0.2, 0.25) is 5.02 Å². The van der Waals surface area contributed by atoms with Gasteiger partial charge >= 0.3 is 0 Å². The second-order valence-electron chi connectivity index (χ2n) is 9.30. The number of rotatable bonds is 9. The Morgan fingerprint density at radius 3 is 2.67 bits per heavy atom. The number of ether oxygens (including phenoxy) is 1. The summed E-state index contributed by atoms with van der Waals surface area (Å²) in [6.07, 6.45) is 4.81. The molecule has 2 aliphatic rings. The largest absolute Gasteiger partial charge is 0.376 e. The fourth-order valence-corrected chi connectivity index (χ4v) is 6.26. The summed E-state index contributed by atoms with van der Waals surface area (Å²) in [5.41, 5.74) is 1.16. The van der Waals surface area contributed by atoms with Crippen LogP contribution in [0.5, 0.6) is 0 Å². The normalized spacial score (nSPS) is 17.9. The van der Waals surface area contributed by atoms with E-state index in [1.165, 1.54) is 24.4 Å². The van der Waals surface area contributed by atoms with Crippen molar-refractivity contribution in [2.75, 3.05) is 6.61 Å². The smallest absolute Gasteiger partial charge is 0.254 e. The lowest BCUT2D eigenvalue weighted by atomic mass is 10.2. The maximum atomic E-state index is 14.3. The highest BCUT2D eigenvalue weighted by molar-refractivity contribution is 7.90. The number of carbonyl (C=O) groups is 1. The molecule has 0 bridgehead atoms. The van der Waals surface area contributed by atoms with Gasteiger partial charge in [-0.15, -0.1) is 0 Å². The van der Waals surface area contributed by atoms with Crippen LogP contribution in [0.15, 0.2) is 59.9 Å². The van der Waals surface area contributed by atoms with Gasteiger partial charge in [-0.25, -0.2) is 17.8 Å². The van der Waals surface area contributed by atoms with Crippen molar-refractivity contribution in [3.8, 4) is 0 Å². The fourth-order valence-electron chi connectivity index (χ4n) is 4.55. The molecule has 1 aliphatic carbocycles. The number of carbonyl (C=O) groups excluding carboxylic acids is 1. The molecule has 0 spiro atoms. The van der Waals surface area contributed by atoms with Gasteiger partial charge in [0.15, 0.2) is 0 Å². The monoisotopic (exact) mass is 531 g/mol. The van der Waals surface area contributed by atoms with Crippen LogP contribution < -0.4 is 0 Å². The van der Waals surface area contributed by atoms with E-state index in [4.69, 9.17) is 16.3 Å². The number of hydrogen-bond acceptors (Lipinski definition) is 5. The van der Waals surface area contributed by atoms with Gasteiger partial charge in [-0.2, -0.15) is 0 Å². The third kappa shape index (κ3) is 5.48. The van der Waals surface area contributed by atoms with E-state index >= 15 is 0 Å². The number of nitrogens with zero attached hydrogens (tertiary/aromatic N) is 3. The molecule has 1 aliphatic heterocycles. The quantitative estimate of drug-likeness (QED) is 0.402. The zero-order valence-electron chi connectivity index (χ0n) is 19.6. The molecule has 3 aromatic rings. The van der Waals surface area contributed by atoms with Crippen LogP contribution in [0.25, 0.3) is 0 Å². The molecule has 1 saturated heterocycles. The van der Waals surface area contributed by atoms with Crippen LogP contribution in [-0.2, 0) is 33.4 Å².